The summed E-state index contributed by atoms with van der Waals surface area (Å²) in [5, 5.41) is 0. The topological polar surface area (TPSA) is 68.2 Å². The summed E-state index contributed by atoms with van der Waals surface area (Å²) in [6.07, 6.45) is 10.1. The van der Waals surface area contributed by atoms with Crippen LogP contribution in [0.5, 0.6) is 0 Å². The fourth-order valence-corrected chi connectivity index (χ4v) is 2.17. The van der Waals surface area contributed by atoms with Crippen molar-refractivity contribution in [3.63, 3.8) is 0 Å². The van der Waals surface area contributed by atoms with Gasteiger partial charge in [-0.1, -0.05) is 0 Å². The number of aromatic nitrogens is 1. The second kappa shape index (κ2) is 4.77. The number of carbonyl (C=O) groups is 1. The maximum Gasteiger partial charge on any atom is 0.454 e. The van der Waals surface area contributed by atoms with E-state index in [0.29, 0.717) is 11.5 Å². The predicted molar refractivity (Wildman–Crippen MR) is 74.7 cm³/mol. The maximum absolute atomic E-state index is 12.3. The van der Waals surface area contributed by atoms with E-state index in [0.717, 1.165) is 11.3 Å². The molecule has 1 aromatic rings. The maximum atomic E-state index is 12.3. The Hall–Kier alpha value is -2.69. The number of fused-ring (bicyclic) bond motifs is 1. The van der Waals surface area contributed by atoms with Crippen LogP contribution >= 0.6 is 0 Å². The van der Waals surface area contributed by atoms with Crippen molar-refractivity contribution in [2.45, 2.75) is 6.10 Å². The van der Waals surface area contributed by atoms with E-state index < -0.39 is 0 Å². The highest BCUT2D eigenvalue weighted by Gasteiger charge is 2.37. The van der Waals surface area contributed by atoms with Crippen LogP contribution in [0.2, 0.25) is 0 Å². The zero-order valence-electron chi connectivity index (χ0n) is 11.0. The minimum absolute atomic E-state index is 0.174. The monoisotopic (exact) mass is 268 g/mol. The number of pyridine rings is 1. The normalized spacial score (nSPS) is 23.4. The molecular formula is C15H14N3O2+. The van der Waals surface area contributed by atoms with Crippen LogP contribution in [0.3, 0.4) is 0 Å². The summed E-state index contributed by atoms with van der Waals surface area (Å²) < 4.78 is 7.34. The van der Waals surface area contributed by atoms with Crippen molar-refractivity contribution >= 4 is 17.7 Å². The molecule has 1 amide bonds. The van der Waals surface area contributed by atoms with Crippen LogP contribution in [0.15, 0.2) is 54.2 Å². The van der Waals surface area contributed by atoms with E-state index in [9.17, 15) is 4.79 Å². The highest BCUT2D eigenvalue weighted by Crippen LogP contribution is 2.20. The molecule has 5 nitrogen and oxygen atoms in total. The largest absolute Gasteiger partial charge is 0.465 e. The number of ether oxygens (including phenoxy) is 1. The predicted octanol–water partition coefficient (Wildman–Crippen LogP) is 0.844. The van der Waals surface area contributed by atoms with Gasteiger partial charge in [-0.25, -0.2) is 4.79 Å². The van der Waals surface area contributed by atoms with Crippen LogP contribution in [0, 0.1) is 0 Å². The third-order valence-electron chi connectivity index (χ3n) is 3.24. The molecule has 0 bridgehead atoms. The lowest BCUT2D eigenvalue weighted by Gasteiger charge is -2.22. The Kier molecular flexibility index (Phi) is 2.95. The lowest BCUT2D eigenvalue weighted by Crippen LogP contribution is -2.41. The molecule has 1 atom stereocenters. The lowest BCUT2D eigenvalue weighted by molar-refractivity contribution is -0.424. The molecule has 20 heavy (non-hydrogen) atoms. The van der Waals surface area contributed by atoms with Gasteiger partial charge in [0.1, 0.15) is 7.05 Å². The number of hydrogen-bond acceptors (Lipinski definition) is 4. The Bertz CT molecular complexity index is 684. The van der Waals surface area contributed by atoms with Gasteiger partial charge < -0.3 is 10.5 Å². The number of nitrogens with zero attached hydrogens (tertiary/aromatic N) is 2. The Morgan fingerprint density at radius 2 is 2.10 bits per heavy atom. The van der Waals surface area contributed by atoms with E-state index in [2.05, 4.69) is 4.98 Å². The summed E-state index contributed by atoms with van der Waals surface area (Å²) in [5.74, 6) is 0.124. The first-order chi connectivity index (χ1) is 9.65. The Balaban J connectivity index is 2.01. The molecule has 2 N–H and O–H groups in total. The van der Waals surface area contributed by atoms with Gasteiger partial charge in [0.15, 0.2) is 0 Å². The molecule has 1 aromatic heterocycles. The zero-order chi connectivity index (χ0) is 14.1. The van der Waals surface area contributed by atoms with Crippen molar-refractivity contribution < 1.29 is 14.1 Å². The Morgan fingerprint density at radius 3 is 2.85 bits per heavy atom. The fourth-order valence-electron chi connectivity index (χ4n) is 2.17. The molecule has 2 heterocycles. The quantitative estimate of drug-likeness (QED) is 0.605. The van der Waals surface area contributed by atoms with Gasteiger partial charge in [0.05, 0.1) is 0 Å². The number of hydrogen-bond donors (Lipinski definition) is 1. The van der Waals surface area contributed by atoms with Crippen molar-refractivity contribution in [3.05, 3.63) is 59.8 Å². The molecule has 0 saturated carbocycles. The molecular weight excluding hydrogens is 254 g/mol. The molecule has 0 aromatic carbocycles. The van der Waals surface area contributed by atoms with Crippen LogP contribution in [0.1, 0.15) is 5.56 Å². The number of carbonyl (C=O) groups excluding carboxylic acids is 1. The average Bonchev–Trinajstić information content (AvgIpc) is 2.45. The van der Waals surface area contributed by atoms with Crippen molar-refractivity contribution in [1.82, 2.24) is 4.98 Å². The Labute approximate surface area is 116 Å². The molecule has 0 spiro atoms. The summed E-state index contributed by atoms with van der Waals surface area (Å²) in [7, 11) is 1.73. The summed E-state index contributed by atoms with van der Waals surface area (Å²) in [6.45, 7) is 0. The third-order valence-corrected chi connectivity index (χ3v) is 3.24. The van der Waals surface area contributed by atoms with E-state index in [-0.39, 0.29) is 12.0 Å². The lowest BCUT2D eigenvalue weighted by atomic mass is 10.0. The van der Waals surface area contributed by atoms with Crippen LogP contribution in [-0.4, -0.2) is 34.3 Å². The molecule has 1 aliphatic carbocycles. The molecule has 3 rings (SSSR count). The van der Waals surface area contributed by atoms with E-state index in [1.165, 1.54) is 0 Å². The standard InChI is InChI=1S/C15H14N3O2/c1-18-12-3-2-11(16)9-13(12)20-14(15(18)19)8-10-4-6-17-7-5-10/h2-9,13H,16H2,1H3/q+1/b14-8+. The van der Waals surface area contributed by atoms with Crippen molar-refractivity contribution in [1.29, 1.82) is 0 Å². The molecule has 100 valence electrons. The van der Waals surface area contributed by atoms with Gasteiger partial charge in [-0.2, -0.15) is 4.58 Å². The number of allylic oxidation sites excluding steroid dienone is 1. The van der Waals surface area contributed by atoms with Crippen LogP contribution < -0.4 is 5.73 Å². The molecule has 1 aliphatic heterocycles. The minimum atomic E-state index is -0.323. The smallest absolute Gasteiger partial charge is 0.454 e. The van der Waals surface area contributed by atoms with E-state index in [1.54, 1.807) is 48.3 Å². The van der Waals surface area contributed by atoms with Crippen LogP contribution in [0.25, 0.3) is 6.08 Å². The van der Waals surface area contributed by atoms with Gasteiger partial charge in [-0.15, -0.1) is 0 Å². The summed E-state index contributed by atoms with van der Waals surface area (Å²) >= 11 is 0. The van der Waals surface area contributed by atoms with Crippen molar-refractivity contribution in [2.24, 2.45) is 5.73 Å². The summed E-state index contributed by atoms with van der Waals surface area (Å²) in [6, 6.07) is 3.63. The minimum Gasteiger partial charge on any atom is -0.465 e. The highest BCUT2D eigenvalue weighted by atomic mass is 16.5. The van der Waals surface area contributed by atoms with Gasteiger partial charge in [-0.3, -0.25) is 4.98 Å². The first-order valence-corrected chi connectivity index (χ1v) is 6.24. The highest BCUT2D eigenvalue weighted by molar-refractivity contribution is 6.05. The SMILES string of the molecule is C[N+]1=C2C=CC(N)=CC2O/C(=C/c2ccncc2)C1=O. The van der Waals surface area contributed by atoms with Crippen LogP contribution in [0.4, 0.5) is 0 Å². The number of amides is 1. The molecule has 5 heteroatoms. The van der Waals surface area contributed by atoms with E-state index >= 15 is 0 Å². The number of rotatable bonds is 1. The van der Waals surface area contributed by atoms with E-state index in [1.807, 2.05) is 12.1 Å². The third kappa shape index (κ3) is 2.14. The first-order valence-electron chi connectivity index (χ1n) is 6.24. The summed E-state index contributed by atoms with van der Waals surface area (Å²) in [5.41, 5.74) is 8.05. The van der Waals surface area contributed by atoms with E-state index in [4.69, 9.17) is 10.5 Å². The van der Waals surface area contributed by atoms with Gasteiger partial charge in [0.2, 0.25) is 17.6 Å². The van der Waals surface area contributed by atoms with Crippen molar-refractivity contribution in [3.8, 4) is 0 Å². The molecule has 0 radical (unpaired) electrons. The zero-order valence-corrected chi connectivity index (χ0v) is 11.0. The molecule has 1 unspecified atom stereocenters. The average molecular weight is 268 g/mol. The molecule has 0 fully saturated rings. The second-order valence-electron chi connectivity index (χ2n) is 4.62. The van der Waals surface area contributed by atoms with Crippen molar-refractivity contribution in [2.75, 3.05) is 7.05 Å². The number of nitrogens with two attached hydrogens (primary N) is 1. The number of likely N-dealkylation sites (N-methyl/N-ethyl adjacent to an activating group) is 1. The second-order valence-corrected chi connectivity index (χ2v) is 4.62. The van der Waals surface area contributed by atoms with Gasteiger partial charge >= 0.3 is 5.91 Å². The molecule has 2 aliphatic rings. The Morgan fingerprint density at radius 1 is 1.35 bits per heavy atom. The van der Waals surface area contributed by atoms with Gasteiger partial charge in [0.25, 0.3) is 0 Å². The summed E-state index contributed by atoms with van der Waals surface area (Å²) in [4.78, 5) is 16.2. The molecule has 0 saturated heterocycles. The van der Waals surface area contributed by atoms with Gasteiger partial charge in [0, 0.05) is 24.2 Å². The van der Waals surface area contributed by atoms with Crippen LogP contribution in [-0.2, 0) is 9.53 Å². The van der Waals surface area contributed by atoms with Gasteiger partial charge in [-0.05, 0) is 35.9 Å². The first kappa shape index (κ1) is 12.3. The fraction of sp³-hybridized carbons (Fsp3) is 0.133.